The number of nitrogens with zero attached hydrogens (tertiary/aromatic N) is 3. The van der Waals surface area contributed by atoms with Crippen LogP contribution in [-0.4, -0.2) is 39.8 Å². The molecule has 0 aromatic carbocycles. The topological polar surface area (TPSA) is 58.4 Å². The van der Waals surface area contributed by atoms with Crippen molar-refractivity contribution in [1.29, 1.82) is 0 Å². The van der Waals surface area contributed by atoms with E-state index in [-0.39, 0.29) is 18.2 Å². The molecule has 0 unspecified atom stereocenters. The molecule has 0 aliphatic rings. The Bertz CT molecular complexity index is 280. The van der Waals surface area contributed by atoms with Gasteiger partial charge in [0.1, 0.15) is 6.54 Å². The largest absolute Gasteiger partial charge is 0.505 e. The van der Waals surface area contributed by atoms with Gasteiger partial charge >= 0.3 is 0 Å². The first-order valence-electron chi connectivity index (χ1n) is 3.51. The summed E-state index contributed by atoms with van der Waals surface area (Å²) in [7, 11) is 3.34. The van der Waals surface area contributed by atoms with Crippen LogP contribution in [0.2, 0.25) is 0 Å². The third-order valence-electron chi connectivity index (χ3n) is 1.42. The minimum absolute atomic E-state index is 0.0573. The second kappa shape index (κ2) is 3.25. The van der Waals surface area contributed by atoms with Gasteiger partial charge in [0.2, 0.25) is 5.91 Å². The second-order valence-corrected chi connectivity index (χ2v) is 2.68. The SMILES string of the molecule is CN(C)C(=O)Cn1cc(O)cn1. The highest BCUT2D eigenvalue weighted by Gasteiger charge is 2.05. The lowest BCUT2D eigenvalue weighted by atomic mass is 10.5. The van der Waals surface area contributed by atoms with E-state index in [1.807, 2.05) is 0 Å². The fourth-order valence-electron chi connectivity index (χ4n) is 0.719. The van der Waals surface area contributed by atoms with E-state index in [4.69, 9.17) is 5.11 Å². The van der Waals surface area contributed by atoms with Crippen molar-refractivity contribution in [2.75, 3.05) is 14.1 Å². The van der Waals surface area contributed by atoms with E-state index in [1.54, 1.807) is 14.1 Å². The molecule has 12 heavy (non-hydrogen) atoms. The van der Waals surface area contributed by atoms with Crippen LogP contribution in [0.4, 0.5) is 0 Å². The standard InChI is InChI=1S/C7H11N3O2/c1-9(2)7(12)5-10-4-6(11)3-8-10/h3-4,11H,5H2,1-2H3. The van der Waals surface area contributed by atoms with Gasteiger partial charge in [-0.25, -0.2) is 0 Å². The average molecular weight is 169 g/mol. The Morgan fingerprint density at radius 1 is 1.75 bits per heavy atom. The summed E-state index contributed by atoms with van der Waals surface area (Å²) in [5, 5.41) is 12.7. The number of amides is 1. The molecule has 1 heterocycles. The summed E-state index contributed by atoms with van der Waals surface area (Å²) in [6.45, 7) is 0.160. The van der Waals surface area contributed by atoms with Crippen LogP contribution in [0.3, 0.4) is 0 Å². The molecule has 1 amide bonds. The molecule has 0 aliphatic heterocycles. The Balaban J connectivity index is 2.58. The number of aromatic nitrogens is 2. The number of hydrogen-bond acceptors (Lipinski definition) is 3. The smallest absolute Gasteiger partial charge is 0.243 e. The molecule has 5 nitrogen and oxygen atoms in total. The van der Waals surface area contributed by atoms with E-state index >= 15 is 0 Å². The van der Waals surface area contributed by atoms with Crippen LogP contribution in [-0.2, 0) is 11.3 Å². The molecule has 1 aromatic rings. The van der Waals surface area contributed by atoms with Gasteiger partial charge in [0.05, 0.1) is 12.4 Å². The first-order valence-corrected chi connectivity index (χ1v) is 3.51. The van der Waals surface area contributed by atoms with Crippen molar-refractivity contribution < 1.29 is 9.90 Å². The minimum Gasteiger partial charge on any atom is -0.505 e. The van der Waals surface area contributed by atoms with Crippen LogP contribution in [0.1, 0.15) is 0 Å². The average Bonchev–Trinajstić information content (AvgIpc) is 2.35. The first-order chi connectivity index (χ1) is 5.59. The van der Waals surface area contributed by atoms with Crippen molar-refractivity contribution >= 4 is 5.91 Å². The third-order valence-corrected chi connectivity index (χ3v) is 1.42. The number of aromatic hydroxyl groups is 1. The van der Waals surface area contributed by atoms with Crippen LogP contribution in [0.15, 0.2) is 12.4 Å². The Labute approximate surface area is 70.2 Å². The number of rotatable bonds is 2. The molecule has 1 rings (SSSR count). The highest BCUT2D eigenvalue weighted by Crippen LogP contribution is 2.03. The Morgan fingerprint density at radius 3 is 2.83 bits per heavy atom. The maximum atomic E-state index is 11.1. The number of carbonyl (C=O) groups excluding carboxylic acids is 1. The fraction of sp³-hybridized carbons (Fsp3) is 0.429. The van der Waals surface area contributed by atoms with Crippen LogP contribution in [0.5, 0.6) is 5.75 Å². The van der Waals surface area contributed by atoms with Gasteiger partial charge in [0.15, 0.2) is 5.75 Å². The summed E-state index contributed by atoms with van der Waals surface area (Å²) in [5.74, 6) is 0.0136. The Morgan fingerprint density at radius 2 is 2.42 bits per heavy atom. The van der Waals surface area contributed by atoms with Crippen LogP contribution >= 0.6 is 0 Å². The van der Waals surface area contributed by atoms with Crippen molar-refractivity contribution in [1.82, 2.24) is 14.7 Å². The van der Waals surface area contributed by atoms with E-state index in [9.17, 15) is 4.79 Å². The molecule has 0 radical (unpaired) electrons. The Hall–Kier alpha value is -1.52. The van der Waals surface area contributed by atoms with Gasteiger partial charge in [-0.2, -0.15) is 5.10 Å². The zero-order valence-corrected chi connectivity index (χ0v) is 7.06. The molecule has 1 N–H and O–H groups in total. The van der Waals surface area contributed by atoms with Crippen molar-refractivity contribution in [3.63, 3.8) is 0 Å². The second-order valence-electron chi connectivity index (χ2n) is 2.68. The van der Waals surface area contributed by atoms with E-state index in [2.05, 4.69) is 5.10 Å². The molecular formula is C7H11N3O2. The summed E-state index contributed by atoms with van der Waals surface area (Å²) in [5.41, 5.74) is 0. The third kappa shape index (κ3) is 1.98. The molecular weight excluding hydrogens is 158 g/mol. The zero-order chi connectivity index (χ0) is 9.14. The molecule has 1 aromatic heterocycles. The van der Waals surface area contributed by atoms with Gasteiger partial charge in [0.25, 0.3) is 0 Å². The maximum absolute atomic E-state index is 11.1. The van der Waals surface area contributed by atoms with Crippen molar-refractivity contribution in [3.8, 4) is 5.75 Å². The van der Waals surface area contributed by atoms with Crippen molar-refractivity contribution in [2.24, 2.45) is 0 Å². The van der Waals surface area contributed by atoms with Gasteiger partial charge in [-0.3, -0.25) is 9.48 Å². The minimum atomic E-state index is -0.0573. The van der Waals surface area contributed by atoms with Gasteiger partial charge in [0, 0.05) is 14.1 Å². The zero-order valence-electron chi connectivity index (χ0n) is 7.06. The Kier molecular flexibility index (Phi) is 2.32. The van der Waals surface area contributed by atoms with Gasteiger partial charge in [-0.1, -0.05) is 0 Å². The molecule has 0 bridgehead atoms. The van der Waals surface area contributed by atoms with Crippen LogP contribution in [0.25, 0.3) is 0 Å². The fourth-order valence-corrected chi connectivity index (χ4v) is 0.719. The monoisotopic (exact) mass is 169 g/mol. The van der Waals surface area contributed by atoms with E-state index in [0.717, 1.165) is 0 Å². The number of likely N-dealkylation sites (N-methyl/N-ethyl adjacent to an activating group) is 1. The molecule has 0 spiro atoms. The molecule has 66 valence electrons. The molecule has 5 heteroatoms. The summed E-state index contributed by atoms with van der Waals surface area (Å²) in [6.07, 6.45) is 2.70. The molecule has 0 atom stereocenters. The summed E-state index contributed by atoms with van der Waals surface area (Å²) in [6, 6.07) is 0. The normalized spacial score (nSPS) is 9.83. The van der Waals surface area contributed by atoms with Gasteiger partial charge in [-0.05, 0) is 0 Å². The van der Waals surface area contributed by atoms with E-state index < -0.39 is 0 Å². The van der Waals surface area contributed by atoms with Crippen molar-refractivity contribution in [2.45, 2.75) is 6.54 Å². The van der Waals surface area contributed by atoms with Gasteiger partial charge < -0.3 is 10.0 Å². The predicted octanol–water partition coefficient (Wildman–Crippen LogP) is -0.323. The molecule has 0 aliphatic carbocycles. The number of carbonyl (C=O) groups is 1. The number of hydrogen-bond donors (Lipinski definition) is 1. The highest BCUT2D eigenvalue weighted by atomic mass is 16.3. The van der Waals surface area contributed by atoms with E-state index in [1.165, 1.54) is 22.0 Å². The quantitative estimate of drug-likeness (QED) is 0.660. The lowest BCUT2D eigenvalue weighted by molar-refractivity contribution is -0.129. The first kappa shape index (κ1) is 8.58. The van der Waals surface area contributed by atoms with Crippen LogP contribution < -0.4 is 0 Å². The van der Waals surface area contributed by atoms with Crippen molar-refractivity contribution in [3.05, 3.63) is 12.4 Å². The predicted molar refractivity (Wildman–Crippen MR) is 42.6 cm³/mol. The lowest BCUT2D eigenvalue weighted by Gasteiger charge is -2.09. The maximum Gasteiger partial charge on any atom is 0.243 e. The van der Waals surface area contributed by atoms with Crippen LogP contribution in [0, 0.1) is 0 Å². The molecule has 0 saturated carbocycles. The molecule has 0 fully saturated rings. The summed E-state index contributed by atoms with van der Waals surface area (Å²) in [4.78, 5) is 12.6. The summed E-state index contributed by atoms with van der Waals surface area (Å²) >= 11 is 0. The summed E-state index contributed by atoms with van der Waals surface area (Å²) < 4.78 is 1.39. The van der Waals surface area contributed by atoms with E-state index in [0.29, 0.717) is 0 Å². The lowest BCUT2D eigenvalue weighted by Crippen LogP contribution is -2.26. The highest BCUT2D eigenvalue weighted by molar-refractivity contribution is 5.75. The molecule has 0 saturated heterocycles. The van der Waals surface area contributed by atoms with Gasteiger partial charge in [-0.15, -0.1) is 0 Å².